The Morgan fingerprint density at radius 2 is 2.08 bits per heavy atom. The van der Waals surface area contributed by atoms with Crippen molar-refractivity contribution in [2.45, 2.75) is 12.5 Å². The molecule has 5 heteroatoms. The number of aromatic nitrogens is 1. The molecule has 0 N–H and O–H groups in total. The fraction of sp³-hybridized carbons (Fsp3) is 0.263. The van der Waals surface area contributed by atoms with Crippen LogP contribution in [0.25, 0.3) is 6.08 Å². The standard InChI is InChI=1S/C19H20N2O3/c1-23-16-8-5-15(6-9-16)7-10-19(22)21-13-11-17(14-21)24-18-4-2-3-12-20-18/h2-10,12,17H,11,13-14H2,1H3/b10-7+. The van der Waals surface area contributed by atoms with E-state index in [1.54, 1.807) is 24.3 Å². The largest absolute Gasteiger partial charge is 0.497 e. The van der Waals surface area contributed by atoms with Gasteiger partial charge in [0.1, 0.15) is 11.9 Å². The van der Waals surface area contributed by atoms with E-state index in [1.165, 1.54) is 0 Å². The lowest BCUT2D eigenvalue weighted by Crippen LogP contribution is -2.29. The maximum absolute atomic E-state index is 12.3. The summed E-state index contributed by atoms with van der Waals surface area (Å²) in [6.07, 6.45) is 5.93. The van der Waals surface area contributed by atoms with E-state index in [-0.39, 0.29) is 12.0 Å². The maximum Gasteiger partial charge on any atom is 0.246 e. The zero-order valence-corrected chi connectivity index (χ0v) is 13.6. The third-order valence-corrected chi connectivity index (χ3v) is 3.92. The first-order chi connectivity index (χ1) is 11.7. The Kier molecular flexibility index (Phi) is 5.11. The normalized spacial score (nSPS) is 17.2. The van der Waals surface area contributed by atoms with Crippen LogP contribution in [0.1, 0.15) is 12.0 Å². The van der Waals surface area contributed by atoms with Crippen molar-refractivity contribution < 1.29 is 14.3 Å². The highest BCUT2D eigenvalue weighted by Crippen LogP contribution is 2.17. The molecule has 1 aliphatic heterocycles. The van der Waals surface area contributed by atoms with Gasteiger partial charge in [0.25, 0.3) is 0 Å². The van der Waals surface area contributed by atoms with Gasteiger partial charge in [-0.25, -0.2) is 4.98 Å². The summed E-state index contributed by atoms with van der Waals surface area (Å²) in [4.78, 5) is 18.2. The van der Waals surface area contributed by atoms with Gasteiger partial charge in [0, 0.05) is 31.3 Å². The quantitative estimate of drug-likeness (QED) is 0.794. The van der Waals surface area contributed by atoms with Gasteiger partial charge >= 0.3 is 0 Å². The molecule has 0 bridgehead atoms. The summed E-state index contributed by atoms with van der Waals surface area (Å²) in [5, 5.41) is 0. The summed E-state index contributed by atoms with van der Waals surface area (Å²) in [6.45, 7) is 1.28. The first-order valence-electron chi connectivity index (χ1n) is 7.93. The summed E-state index contributed by atoms with van der Waals surface area (Å²) in [6, 6.07) is 13.1. The number of amides is 1. The Morgan fingerprint density at radius 1 is 1.25 bits per heavy atom. The lowest BCUT2D eigenvalue weighted by Gasteiger charge is -2.15. The minimum atomic E-state index is -0.00191. The number of carbonyl (C=O) groups is 1. The molecule has 5 nitrogen and oxygen atoms in total. The molecule has 0 radical (unpaired) electrons. The SMILES string of the molecule is COc1ccc(/C=C/C(=O)N2CCC(Oc3ccccn3)C2)cc1. The van der Waals surface area contributed by atoms with E-state index in [0.29, 0.717) is 19.0 Å². The van der Waals surface area contributed by atoms with Crippen LogP contribution in [0.15, 0.2) is 54.7 Å². The van der Waals surface area contributed by atoms with Gasteiger partial charge in [-0.1, -0.05) is 18.2 Å². The Hall–Kier alpha value is -2.82. The van der Waals surface area contributed by atoms with Crippen molar-refractivity contribution >= 4 is 12.0 Å². The minimum Gasteiger partial charge on any atom is -0.497 e. The molecule has 1 amide bonds. The van der Waals surface area contributed by atoms with Crippen molar-refractivity contribution in [3.05, 3.63) is 60.3 Å². The Bertz CT molecular complexity index is 698. The average Bonchev–Trinajstić information content (AvgIpc) is 3.09. The number of hydrogen-bond acceptors (Lipinski definition) is 4. The number of likely N-dealkylation sites (tertiary alicyclic amines) is 1. The second kappa shape index (κ2) is 7.64. The van der Waals surface area contributed by atoms with Crippen LogP contribution in [0.5, 0.6) is 11.6 Å². The zero-order valence-electron chi connectivity index (χ0n) is 13.6. The number of rotatable bonds is 5. The molecule has 1 fully saturated rings. The molecule has 1 atom stereocenters. The van der Waals surface area contributed by atoms with Crippen molar-refractivity contribution in [2.24, 2.45) is 0 Å². The minimum absolute atomic E-state index is 0.00163. The summed E-state index contributed by atoms with van der Waals surface area (Å²) in [5.74, 6) is 1.40. The summed E-state index contributed by atoms with van der Waals surface area (Å²) in [5.41, 5.74) is 0.963. The van der Waals surface area contributed by atoms with E-state index in [4.69, 9.17) is 9.47 Å². The molecule has 124 valence electrons. The smallest absolute Gasteiger partial charge is 0.246 e. The third-order valence-electron chi connectivity index (χ3n) is 3.92. The molecule has 1 saturated heterocycles. The van der Waals surface area contributed by atoms with Gasteiger partial charge < -0.3 is 14.4 Å². The zero-order chi connectivity index (χ0) is 16.8. The lowest BCUT2D eigenvalue weighted by atomic mass is 10.2. The molecule has 0 saturated carbocycles. The molecule has 24 heavy (non-hydrogen) atoms. The van der Waals surface area contributed by atoms with Crippen LogP contribution < -0.4 is 9.47 Å². The summed E-state index contributed by atoms with van der Waals surface area (Å²) < 4.78 is 10.9. The fourth-order valence-electron chi connectivity index (χ4n) is 2.60. The maximum atomic E-state index is 12.3. The topological polar surface area (TPSA) is 51.7 Å². The van der Waals surface area contributed by atoms with Gasteiger partial charge in [-0.15, -0.1) is 0 Å². The molecular formula is C19H20N2O3. The lowest BCUT2D eigenvalue weighted by molar-refractivity contribution is -0.125. The molecule has 0 aliphatic carbocycles. The van der Waals surface area contributed by atoms with Crippen LogP contribution in [0.2, 0.25) is 0 Å². The third kappa shape index (κ3) is 4.13. The molecule has 2 heterocycles. The average molecular weight is 324 g/mol. The highest BCUT2D eigenvalue weighted by Gasteiger charge is 2.26. The van der Waals surface area contributed by atoms with Crippen molar-refractivity contribution in [3.8, 4) is 11.6 Å². The van der Waals surface area contributed by atoms with Crippen LogP contribution in [-0.2, 0) is 4.79 Å². The van der Waals surface area contributed by atoms with Crippen LogP contribution in [0.3, 0.4) is 0 Å². The van der Waals surface area contributed by atoms with Gasteiger partial charge in [-0.05, 0) is 29.8 Å². The first kappa shape index (κ1) is 16.1. The molecule has 0 spiro atoms. The molecule has 1 aromatic heterocycles. The number of nitrogens with zero attached hydrogens (tertiary/aromatic N) is 2. The van der Waals surface area contributed by atoms with Crippen molar-refractivity contribution in [1.82, 2.24) is 9.88 Å². The number of pyridine rings is 1. The molecule has 2 aromatic rings. The van der Waals surface area contributed by atoms with E-state index in [2.05, 4.69) is 4.98 Å². The fourth-order valence-corrected chi connectivity index (χ4v) is 2.60. The Morgan fingerprint density at radius 3 is 2.79 bits per heavy atom. The van der Waals surface area contributed by atoms with Gasteiger partial charge in [0.15, 0.2) is 0 Å². The number of carbonyl (C=O) groups excluding carboxylic acids is 1. The van der Waals surface area contributed by atoms with Crippen LogP contribution in [0.4, 0.5) is 0 Å². The van der Waals surface area contributed by atoms with Crippen molar-refractivity contribution in [1.29, 1.82) is 0 Å². The number of hydrogen-bond donors (Lipinski definition) is 0. The van der Waals surface area contributed by atoms with Gasteiger partial charge in [0.2, 0.25) is 11.8 Å². The summed E-state index contributed by atoms with van der Waals surface area (Å²) >= 11 is 0. The number of methoxy groups -OCH3 is 1. The van der Waals surface area contributed by atoms with Crippen molar-refractivity contribution in [2.75, 3.05) is 20.2 Å². The predicted molar refractivity (Wildman–Crippen MR) is 91.9 cm³/mol. The van der Waals surface area contributed by atoms with Gasteiger partial charge in [-0.3, -0.25) is 4.79 Å². The molecule has 1 aromatic carbocycles. The summed E-state index contributed by atoms with van der Waals surface area (Å²) in [7, 11) is 1.63. The van der Waals surface area contributed by atoms with Gasteiger partial charge in [-0.2, -0.15) is 0 Å². The van der Waals surface area contributed by atoms with Crippen LogP contribution in [-0.4, -0.2) is 42.1 Å². The Labute approximate surface area is 141 Å². The van der Waals surface area contributed by atoms with Gasteiger partial charge in [0.05, 0.1) is 13.7 Å². The monoisotopic (exact) mass is 324 g/mol. The first-order valence-corrected chi connectivity index (χ1v) is 7.93. The second-order valence-corrected chi connectivity index (χ2v) is 5.59. The number of ether oxygens (including phenoxy) is 2. The molecule has 1 unspecified atom stereocenters. The van der Waals surface area contributed by atoms with E-state index >= 15 is 0 Å². The second-order valence-electron chi connectivity index (χ2n) is 5.59. The van der Waals surface area contributed by atoms with Crippen molar-refractivity contribution in [3.63, 3.8) is 0 Å². The van der Waals surface area contributed by atoms with Crippen LogP contribution in [0, 0.1) is 0 Å². The van der Waals surface area contributed by atoms with E-state index < -0.39 is 0 Å². The number of benzene rings is 1. The van der Waals surface area contributed by atoms with E-state index in [9.17, 15) is 4.79 Å². The highest BCUT2D eigenvalue weighted by molar-refractivity contribution is 5.92. The van der Waals surface area contributed by atoms with E-state index in [1.807, 2.05) is 48.5 Å². The molecule has 3 rings (SSSR count). The van der Waals surface area contributed by atoms with Crippen LogP contribution >= 0.6 is 0 Å². The Balaban J connectivity index is 1.53. The highest BCUT2D eigenvalue weighted by atomic mass is 16.5. The predicted octanol–water partition coefficient (Wildman–Crippen LogP) is 2.78. The molecular weight excluding hydrogens is 304 g/mol. The van der Waals surface area contributed by atoms with E-state index in [0.717, 1.165) is 17.7 Å². The molecule has 1 aliphatic rings.